The number of nitrogens with one attached hydrogen (secondary N) is 1. The van der Waals surface area contributed by atoms with Crippen LogP contribution in [0.3, 0.4) is 0 Å². The van der Waals surface area contributed by atoms with Crippen LogP contribution in [-0.4, -0.2) is 47.1 Å². The molecule has 1 saturated heterocycles. The van der Waals surface area contributed by atoms with Crippen LogP contribution in [0.4, 0.5) is 24.8 Å². The largest absolute Gasteiger partial charge is 0.434 e. The Balaban J connectivity index is 1.88. The van der Waals surface area contributed by atoms with E-state index in [-0.39, 0.29) is 12.0 Å². The lowest BCUT2D eigenvalue weighted by Gasteiger charge is -2.31. The highest BCUT2D eigenvalue weighted by atomic mass is 19.4. The maximum absolute atomic E-state index is 13.5. The fourth-order valence-electron chi connectivity index (χ4n) is 2.89. The highest BCUT2D eigenvalue weighted by Crippen LogP contribution is 2.32. The van der Waals surface area contributed by atoms with E-state index in [0.717, 1.165) is 6.20 Å². The molecule has 3 rings (SSSR count). The Morgan fingerprint density at radius 3 is 2.52 bits per heavy atom. The number of amides is 1. The van der Waals surface area contributed by atoms with Gasteiger partial charge < -0.3 is 15.0 Å². The van der Waals surface area contributed by atoms with Gasteiger partial charge in [-0.1, -0.05) is 18.2 Å². The standard InChI is InChI=1S/C18H19F3N4O2/c1-25(13-7-9-27-10-8-13)16(26)14-11-22-17(24-15(14)18(19,20)21)23-12-5-3-2-4-6-12/h2-6,11,13H,7-10H2,1H3,(H,22,23,24). The molecule has 0 saturated carbocycles. The molecule has 0 bridgehead atoms. The van der Waals surface area contributed by atoms with E-state index in [1.165, 1.54) is 11.9 Å². The minimum absolute atomic E-state index is 0.172. The summed E-state index contributed by atoms with van der Waals surface area (Å²) in [5.41, 5.74) is -1.26. The van der Waals surface area contributed by atoms with Crippen molar-refractivity contribution in [3.8, 4) is 0 Å². The van der Waals surface area contributed by atoms with Gasteiger partial charge in [0.25, 0.3) is 5.91 Å². The van der Waals surface area contributed by atoms with Crippen molar-refractivity contribution in [1.82, 2.24) is 14.9 Å². The third-order valence-corrected chi connectivity index (χ3v) is 4.38. The van der Waals surface area contributed by atoms with E-state index in [1.54, 1.807) is 30.3 Å². The van der Waals surface area contributed by atoms with E-state index in [1.807, 2.05) is 0 Å². The third-order valence-electron chi connectivity index (χ3n) is 4.38. The number of alkyl halides is 3. The van der Waals surface area contributed by atoms with Crippen molar-refractivity contribution in [2.45, 2.75) is 25.1 Å². The summed E-state index contributed by atoms with van der Waals surface area (Å²) in [6.07, 6.45) is -2.69. The van der Waals surface area contributed by atoms with Gasteiger partial charge in [-0.2, -0.15) is 13.2 Å². The van der Waals surface area contributed by atoms with Gasteiger partial charge in [0.15, 0.2) is 5.69 Å². The van der Waals surface area contributed by atoms with Crippen molar-refractivity contribution >= 4 is 17.5 Å². The molecule has 1 aliphatic rings. The van der Waals surface area contributed by atoms with Gasteiger partial charge in [0, 0.05) is 38.2 Å². The summed E-state index contributed by atoms with van der Waals surface area (Å²) < 4.78 is 45.8. The van der Waals surface area contributed by atoms with Crippen molar-refractivity contribution in [1.29, 1.82) is 0 Å². The highest BCUT2D eigenvalue weighted by molar-refractivity contribution is 5.95. The van der Waals surface area contributed by atoms with Crippen molar-refractivity contribution in [3.63, 3.8) is 0 Å². The quantitative estimate of drug-likeness (QED) is 0.880. The van der Waals surface area contributed by atoms with E-state index < -0.39 is 23.3 Å². The number of nitrogens with zero attached hydrogens (tertiary/aromatic N) is 3. The third kappa shape index (κ3) is 4.54. The predicted molar refractivity (Wildman–Crippen MR) is 92.7 cm³/mol. The molecule has 1 aromatic heterocycles. The monoisotopic (exact) mass is 380 g/mol. The Bertz CT molecular complexity index is 793. The van der Waals surface area contributed by atoms with Crippen LogP contribution in [0.2, 0.25) is 0 Å². The van der Waals surface area contributed by atoms with Gasteiger partial charge in [0.2, 0.25) is 5.95 Å². The number of carbonyl (C=O) groups excluding carboxylic acids is 1. The first-order valence-electron chi connectivity index (χ1n) is 8.47. The Hall–Kier alpha value is -2.68. The number of hydrogen-bond donors (Lipinski definition) is 1. The number of carbonyl (C=O) groups is 1. The molecule has 9 heteroatoms. The lowest BCUT2D eigenvalue weighted by atomic mass is 10.1. The fourth-order valence-corrected chi connectivity index (χ4v) is 2.89. The summed E-state index contributed by atoms with van der Waals surface area (Å²) >= 11 is 0. The van der Waals surface area contributed by atoms with Crippen molar-refractivity contribution in [2.24, 2.45) is 0 Å². The lowest BCUT2D eigenvalue weighted by Crippen LogP contribution is -2.41. The van der Waals surface area contributed by atoms with Crippen LogP contribution in [0.25, 0.3) is 0 Å². The Morgan fingerprint density at radius 1 is 1.22 bits per heavy atom. The molecule has 0 atom stereocenters. The molecule has 1 N–H and O–H groups in total. The number of ether oxygens (including phenoxy) is 1. The number of benzene rings is 1. The first-order valence-corrected chi connectivity index (χ1v) is 8.47. The average molecular weight is 380 g/mol. The van der Waals surface area contributed by atoms with Crippen LogP contribution in [-0.2, 0) is 10.9 Å². The summed E-state index contributed by atoms with van der Waals surface area (Å²) in [4.78, 5) is 21.5. The minimum Gasteiger partial charge on any atom is -0.381 e. The van der Waals surface area contributed by atoms with Crippen LogP contribution in [0.1, 0.15) is 28.9 Å². The fraction of sp³-hybridized carbons (Fsp3) is 0.389. The maximum atomic E-state index is 13.5. The second-order valence-electron chi connectivity index (χ2n) is 6.20. The van der Waals surface area contributed by atoms with Crippen molar-refractivity contribution in [2.75, 3.05) is 25.6 Å². The molecule has 0 spiro atoms. The molecule has 144 valence electrons. The number of hydrogen-bond acceptors (Lipinski definition) is 5. The van der Waals surface area contributed by atoms with E-state index in [2.05, 4.69) is 15.3 Å². The molecule has 0 radical (unpaired) electrons. The van der Waals surface area contributed by atoms with Crippen LogP contribution in [0.15, 0.2) is 36.5 Å². The first-order chi connectivity index (χ1) is 12.9. The molecular weight excluding hydrogens is 361 g/mol. The van der Waals surface area contributed by atoms with Gasteiger partial charge in [-0.25, -0.2) is 9.97 Å². The normalized spacial score (nSPS) is 15.4. The van der Waals surface area contributed by atoms with E-state index in [0.29, 0.717) is 31.7 Å². The van der Waals surface area contributed by atoms with E-state index >= 15 is 0 Å². The average Bonchev–Trinajstić information content (AvgIpc) is 2.67. The maximum Gasteiger partial charge on any atom is 0.434 e. The van der Waals surface area contributed by atoms with Crippen LogP contribution >= 0.6 is 0 Å². The molecular formula is C18H19F3N4O2. The number of anilines is 2. The van der Waals surface area contributed by atoms with Crippen LogP contribution in [0, 0.1) is 0 Å². The smallest absolute Gasteiger partial charge is 0.381 e. The summed E-state index contributed by atoms with van der Waals surface area (Å²) in [7, 11) is 1.49. The Labute approximate surface area is 154 Å². The summed E-state index contributed by atoms with van der Waals surface area (Å²) in [5.74, 6) is -0.973. The van der Waals surface area contributed by atoms with Gasteiger partial charge in [-0.15, -0.1) is 0 Å². The summed E-state index contributed by atoms with van der Waals surface area (Å²) in [6.45, 7) is 0.954. The number of aromatic nitrogens is 2. The zero-order valence-electron chi connectivity index (χ0n) is 14.7. The van der Waals surface area contributed by atoms with Crippen LogP contribution < -0.4 is 5.32 Å². The highest BCUT2D eigenvalue weighted by Gasteiger charge is 2.39. The molecule has 0 aliphatic carbocycles. The number of para-hydroxylation sites is 1. The van der Waals surface area contributed by atoms with Gasteiger partial charge >= 0.3 is 6.18 Å². The number of halogens is 3. The van der Waals surface area contributed by atoms with E-state index in [9.17, 15) is 18.0 Å². The molecule has 2 aromatic rings. The summed E-state index contributed by atoms with van der Waals surface area (Å²) in [6, 6.07) is 8.42. The zero-order valence-corrected chi connectivity index (χ0v) is 14.7. The van der Waals surface area contributed by atoms with Crippen molar-refractivity contribution < 1.29 is 22.7 Å². The van der Waals surface area contributed by atoms with Gasteiger partial charge in [0.05, 0.1) is 5.56 Å². The molecule has 1 aromatic carbocycles. The predicted octanol–water partition coefficient (Wildman–Crippen LogP) is 3.49. The second kappa shape index (κ2) is 7.91. The summed E-state index contributed by atoms with van der Waals surface area (Å²) in [5, 5.41) is 2.71. The SMILES string of the molecule is CN(C(=O)c1cnc(Nc2ccccc2)nc1C(F)(F)F)C1CCOCC1. The van der Waals surface area contributed by atoms with Gasteiger partial charge in [0.1, 0.15) is 0 Å². The lowest BCUT2D eigenvalue weighted by molar-refractivity contribution is -0.141. The zero-order chi connectivity index (χ0) is 19.4. The van der Waals surface area contributed by atoms with E-state index in [4.69, 9.17) is 4.74 Å². The van der Waals surface area contributed by atoms with Gasteiger partial charge in [-0.3, -0.25) is 4.79 Å². The molecule has 6 nitrogen and oxygen atoms in total. The molecule has 1 amide bonds. The first kappa shape index (κ1) is 19.1. The van der Waals surface area contributed by atoms with Crippen LogP contribution in [0.5, 0.6) is 0 Å². The Kier molecular flexibility index (Phi) is 5.59. The molecule has 27 heavy (non-hydrogen) atoms. The van der Waals surface area contributed by atoms with Crippen molar-refractivity contribution in [3.05, 3.63) is 47.8 Å². The van der Waals surface area contributed by atoms with Gasteiger partial charge in [-0.05, 0) is 25.0 Å². The molecule has 2 heterocycles. The number of rotatable bonds is 4. The molecule has 1 aliphatic heterocycles. The molecule has 1 fully saturated rings. The topological polar surface area (TPSA) is 67.4 Å². The Morgan fingerprint density at radius 2 is 1.89 bits per heavy atom. The second-order valence-corrected chi connectivity index (χ2v) is 6.20. The molecule has 0 unspecified atom stereocenters. The minimum atomic E-state index is -4.78.